The molecule has 0 fully saturated rings. The Morgan fingerprint density at radius 2 is 2.30 bits per heavy atom. The summed E-state index contributed by atoms with van der Waals surface area (Å²) >= 11 is 7.51. The van der Waals surface area contributed by atoms with Crippen molar-refractivity contribution in [3.8, 4) is 0 Å². The lowest BCUT2D eigenvalue weighted by Crippen LogP contribution is -2.29. The SMILES string of the molecule is Cc1csc(CCCNC(=O)Nc2cccc(Cl)c2)n1. The quantitative estimate of drug-likeness (QED) is 0.824. The molecule has 0 aliphatic carbocycles. The van der Waals surface area contributed by atoms with Crippen LogP contribution in [0.1, 0.15) is 17.1 Å². The van der Waals surface area contributed by atoms with Gasteiger partial charge >= 0.3 is 6.03 Å². The molecule has 0 aliphatic heterocycles. The van der Waals surface area contributed by atoms with Crippen LogP contribution in [0.5, 0.6) is 0 Å². The predicted octanol–water partition coefficient (Wildman–Crippen LogP) is 3.86. The normalized spacial score (nSPS) is 10.3. The van der Waals surface area contributed by atoms with Crippen LogP contribution < -0.4 is 10.6 Å². The van der Waals surface area contributed by atoms with E-state index in [1.807, 2.05) is 12.3 Å². The lowest BCUT2D eigenvalue weighted by molar-refractivity contribution is 0.252. The number of benzene rings is 1. The summed E-state index contributed by atoms with van der Waals surface area (Å²) in [7, 11) is 0. The molecule has 0 saturated heterocycles. The first kappa shape index (κ1) is 14.8. The van der Waals surface area contributed by atoms with E-state index in [9.17, 15) is 4.79 Å². The Kier molecular flexibility index (Phi) is 5.38. The van der Waals surface area contributed by atoms with Crippen LogP contribution >= 0.6 is 22.9 Å². The van der Waals surface area contributed by atoms with Crippen molar-refractivity contribution >= 4 is 34.7 Å². The number of nitrogens with one attached hydrogen (secondary N) is 2. The Bertz CT molecular complexity index is 585. The smallest absolute Gasteiger partial charge is 0.319 e. The minimum Gasteiger partial charge on any atom is -0.338 e. The van der Waals surface area contributed by atoms with Crippen LogP contribution in [0.3, 0.4) is 0 Å². The third-order valence-electron chi connectivity index (χ3n) is 2.60. The first-order valence-corrected chi connectivity index (χ1v) is 7.60. The zero-order valence-corrected chi connectivity index (χ0v) is 12.7. The van der Waals surface area contributed by atoms with Gasteiger partial charge in [-0.05, 0) is 31.5 Å². The molecule has 106 valence electrons. The minimum atomic E-state index is -0.220. The molecule has 1 aromatic heterocycles. The van der Waals surface area contributed by atoms with Crippen LogP contribution in [0, 0.1) is 6.92 Å². The second kappa shape index (κ2) is 7.26. The molecule has 0 atom stereocenters. The van der Waals surface area contributed by atoms with Crippen LogP contribution in [0.4, 0.5) is 10.5 Å². The molecular weight excluding hydrogens is 294 g/mol. The molecule has 0 radical (unpaired) electrons. The van der Waals surface area contributed by atoms with E-state index in [1.165, 1.54) is 0 Å². The highest BCUT2D eigenvalue weighted by atomic mass is 35.5. The second-order valence-corrected chi connectivity index (χ2v) is 5.76. The van der Waals surface area contributed by atoms with E-state index in [0.717, 1.165) is 23.5 Å². The fourth-order valence-corrected chi connectivity index (χ4v) is 2.71. The standard InChI is InChI=1S/C14H16ClN3OS/c1-10-9-20-13(17-10)6-3-7-16-14(19)18-12-5-2-4-11(15)8-12/h2,4-5,8-9H,3,6-7H2,1H3,(H2,16,18,19). The minimum absolute atomic E-state index is 0.220. The number of rotatable bonds is 5. The third-order valence-corrected chi connectivity index (χ3v) is 3.86. The molecular formula is C14H16ClN3OS. The molecule has 1 heterocycles. The number of carbonyl (C=O) groups is 1. The molecule has 0 unspecified atom stereocenters. The number of thiazole rings is 1. The van der Waals surface area contributed by atoms with E-state index in [2.05, 4.69) is 15.6 Å². The van der Waals surface area contributed by atoms with E-state index >= 15 is 0 Å². The molecule has 1 aromatic carbocycles. The van der Waals surface area contributed by atoms with Gasteiger partial charge in [0.2, 0.25) is 0 Å². The number of hydrogen-bond acceptors (Lipinski definition) is 3. The van der Waals surface area contributed by atoms with Crippen molar-refractivity contribution in [2.24, 2.45) is 0 Å². The molecule has 2 aromatic rings. The van der Waals surface area contributed by atoms with E-state index in [1.54, 1.807) is 35.6 Å². The zero-order valence-electron chi connectivity index (χ0n) is 11.1. The van der Waals surface area contributed by atoms with Gasteiger partial charge in [-0.1, -0.05) is 17.7 Å². The fraction of sp³-hybridized carbons (Fsp3) is 0.286. The van der Waals surface area contributed by atoms with Crippen LogP contribution in [0.2, 0.25) is 5.02 Å². The average molecular weight is 310 g/mol. The summed E-state index contributed by atoms with van der Waals surface area (Å²) in [5, 5.41) is 9.30. The van der Waals surface area contributed by atoms with E-state index in [-0.39, 0.29) is 6.03 Å². The van der Waals surface area contributed by atoms with E-state index < -0.39 is 0 Å². The van der Waals surface area contributed by atoms with Crippen molar-refractivity contribution in [2.45, 2.75) is 19.8 Å². The van der Waals surface area contributed by atoms with Gasteiger partial charge in [0.05, 0.1) is 5.01 Å². The number of hydrogen-bond donors (Lipinski definition) is 2. The molecule has 2 N–H and O–H groups in total. The maximum Gasteiger partial charge on any atom is 0.319 e. The number of aromatic nitrogens is 1. The molecule has 0 aliphatic rings. The summed E-state index contributed by atoms with van der Waals surface area (Å²) in [5.74, 6) is 0. The summed E-state index contributed by atoms with van der Waals surface area (Å²) in [5.41, 5.74) is 1.74. The van der Waals surface area contributed by atoms with Gasteiger partial charge in [-0.2, -0.15) is 0 Å². The predicted molar refractivity (Wildman–Crippen MR) is 83.6 cm³/mol. The Morgan fingerprint density at radius 3 is 3.00 bits per heavy atom. The number of carbonyl (C=O) groups excluding carboxylic acids is 1. The lowest BCUT2D eigenvalue weighted by atomic mass is 10.3. The number of aryl methyl sites for hydroxylation is 2. The van der Waals surface area contributed by atoms with E-state index in [4.69, 9.17) is 11.6 Å². The molecule has 0 bridgehead atoms. The maximum atomic E-state index is 11.7. The molecule has 4 nitrogen and oxygen atoms in total. The van der Waals surface area contributed by atoms with Crippen molar-refractivity contribution in [1.82, 2.24) is 10.3 Å². The van der Waals surface area contributed by atoms with Crippen molar-refractivity contribution in [1.29, 1.82) is 0 Å². The second-order valence-electron chi connectivity index (χ2n) is 4.38. The van der Waals surface area contributed by atoms with Crippen LogP contribution in [0.25, 0.3) is 0 Å². The number of anilines is 1. The number of halogens is 1. The first-order valence-electron chi connectivity index (χ1n) is 6.35. The van der Waals surface area contributed by atoms with Crippen LogP contribution in [-0.2, 0) is 6.42 Å². The molecule has 2 rings (SSSR count). The topological polar surface area (TPSA) is 54.0 Å². The largest absolute Gasteiger partial charge is 0.338 e. The van der Waals surface area contributed by atoms with Gasteiger partial charge < -0.3 is 10.6 Å². The van der Waals surface area contributed by atoms with Crippen LogP contribution in [0.15, 0.2) is 29.6 Å². The number of urea groups is 1. The van der Waals surface area contributed by atoms with E-state index in [0.29, 0.717) is 17.3 Å². The van der Waals surface area contributed by atoms with Gasteiger partial charge in [-0.3, -0.25) is 0 Å². The Labute approximate surface area is 127 Å². The molecule has 2 amide bonds. The highest BCUT2D eigenvalue weighted by Crippen LogP contribution is 2.14. The van der Waals surface area contributed by atoms with Gasteiger partial charge in [-0.15, -0.1) is 11.3 Å². The third kappa shape index (κ3) is 4.83. The number of amides is 2. The van der Waals surface area contributed by atoms with Crippen LogP contribution in [-0.4, -0.2) is 17.6 Å². The summed E-state index contributed by atoms with van der Waals surface area (Å²) in [6, 6.07) is 6.84. The fourth-order valence-electron chi connectivity index (χ4n) is 1.70. The van der Waals surface area contributed by atoms with Gasteiger partial charge in [0.1, 0.15) is 0 Å². The zero-order chi connectivity index (χ0) is 14.4. The Morgan fingerprint density at radius 1 is 1.45 bits per heavy atom. The average Bonchev–Trinajstić information content (AvgIpc) is 2.80. The van der Waals surface area contributed by atoms with Crippen molar-refractivity contribution < 1.29 is 4.79 Å². The summed E-state index contributed by atoms with van der Waals surface area (Å²) in [6.07, 6.45) is 1.76. The first-order chi connectivity index (χ1) is 9.63. The molecule has 0 spiro atoms. The summed E-state index contributed by atoms with van der Waals surface area (Å²) in [4.78, 5) is 16.0. The monoisotopic (exact) mass is 309 g/mol. The van der Waals surface area contributed by atoms with Gasteiger partial charge in [0, 0.05) is 34.7 Å². The lowest BCUT2D eigenvalue weighted by Gasteiger charge is -2.07. The molecule has 0 saturated carbocycles. The number of nitrogens with zero attached hydrogens (tertiary/aromatic N) is 1. The summed E-state index contributed by atoms with van der Waals surface area (Å²) < 4.78 is 0. The summed E-state index contributed by atoms with van der Waals surface area (Å²) in [6.45, 7) is 2.60. The van der Waals surface area contributed by atoms with Gasteiger partial charge in [0.15, 0.2) is 0 Å². The van der Waals surface area contributed by atoms with Gasteiger partial charge in [0.25, 0.3) is 0 Å². The van der Waals surface area contributed by atoms with Crippen molar-refractivity contribution in [2.75, 3.05) is 11.9 Å². The van der Waals surface area contributed by atoms with Crippen molar-refractivity contribution in [3.05, 3.63) is 45.4 Å². The maximum absolute atomic E-state index is 11.7. The highest BCUT2D eigenvalue weighted by Gasteiger charge is 2.02. The Balaban J connectivity index is 1.67. The molecule has 6 heteroatoms. The highest BCUT2D eigenvalue weighted by molar-refractivity contribution is 7.09. The van der Waals surface area contributed by atoms with Gasteiger partial charge in [-0.25, -0.2) is 9.78 Å². The Hall–Kier alpha value is -1.59. The van der Waals surface area contributed by atoms with Crippen molar-refractivity contribution in [3.63, 3.8) is 0 Å². The molecule has 20 heavy (non-hydrogen) atoms.